The van der Waals surface area contributed by atoms with Crippen molar-refractivity contribution >= 4 is 11.9 Å². The summed E-state index contributed by atoms with van der Waals surface area (Å²) in [5.74, 6) is -0.855. The molecule has 1 atom stereocenters. The van der Waals surface area contributed by atoms with Crippen molar-refractivity contribution in [3.8, 4) is 0 Å². The number of carbonyl (C=O) groups is 2. The van der Waals surface area contributed by atoms with Gasteiger partial charge in [-0.3, -0.25) is 9.59 Å². The predicted octanol–water partition coefficient (Wildman–Crippen LogP) is -0.0643. The molecule has 2 rings (SSSR count). The third-order valence-electron chi connectivity index (χ3n) is 4.27. The number of rotatable bonds is 4. The number of carboxylic acids is 1. The lowest BCUT2D eigenvalue weighted by atomic mass is 9.80. The number of likely N-dealkylation sites (tertiary alicyclic amines) is 1. The van der Waals surface area contributed by atoms with Crippen LogP contribution in [0.15, 0.2) is 0 Å². The maximum absolute atomic E-state index is 12.0. The van der Waals surface area contributed by atoms with E-state index in [1.54, 1.807) is 0 Å². The molecule has 0 saturated carbocycles. The molecule has 0 aromatic carbocycles. The van der Waals surface area contributed by atoms with Crippen LogP contribution in [0.5, 0.6) is 0 Å². The van der Waals surface area contributed by atoms with Crippen LogP contribution in [0.1, 0.15) is 19.3 Å². The van der Waals surface area contributed by atoms with Gasteiger partial charge in [-0.15, -0.1) is 0 Å². The second kappa shape index (κ2) is 5.88. The zero-order valence-corrected chi connectivity index (χ0v) is 11.4. The van der Waals surface area contributed by atoms with Gasteiger partial charge < -0.3 is 20.1 Å². The number of nitrogens with zero attached hydrogens (tertiary/aromatic N) is 1. The Kier molecular flexibility index (Phi) is 4.42. The molecule has 1 unspecified atom stereocenters. The second-order valence-electron chi connectivity index (χ2n) is 5.66. The van der Waals surface area contributed by atoms with Gasteiger partial charge in [0.1, 0.15) is 0 Å². The Morgan fingerprint density at radius 2 is 2.11 bits per heavy atom. The number of ether oxygens (including phenoxy) is 1. The highest BCUT2D eigenvalue weighted by Crippen LogP contribution is 2.30. The Hall–Kier alpha value is -1.14. The van der Waals surface area contributed by atoms with Gasteiger partial charge in [-0.05, 0) is 32.9 Å². The van der Waals surface area contributed by atoms with E-state index >= 15 is 0 Å². The first-order chi connectivity index (χ1) is 9.03. The van der Waals surface area contributed by atoms with Crippen molar-refractivity contribution in [3.63, 3.8) is 0 Å². The molecular formula is C13H22N2O4. The van der Waals surface area contributed by atoms with Crippen LogP contribution >= 0.6 is 0 Å². The number of nitrogens with one attached hydrogen (secondary N) is 1. The quantitative estimate of drug-likeness (QED) is 0.748. The second-order valence-corrected chi connectivity index (χ2v) is 5.66. The van der Waals surface area contributed by atoms with Crippen LogP contribution in [0.3, 0.4) is 0 Å². The largest absolute Gasteiger partial charge is 0.481 e. The van der Waals surface area contributed by atoms with Crippen molar-refractivity contribution in [2.75, 3.05) is 39.9 Å². The van der Waals surface area contributed by atoms with Crippen molar-refractivity contribution in [1.29, 1.82) is 0 Å². The van der Waals surface area contributed by atoms with Gasteiger partial charge in [0.2, 0.25) is 5.91 Å². The molecule has 0 aromatic rings. The van der Waals surface area contributed by atoms with Gasteiger partial charge in [0.05, 0.1) is 11.3 Å². The lowest BCUT2D eigenvalue weighted by molar-refractivity contribution is -0.154. The Labute approximate surface area is 113 Å². The number of hydrogen-bond donors (Lipinski definition) is 2. The highest BCUT2D eigenvalue weighted by Gasteiger charge is 2.41. The smallest absolute Gasteiger partial charge is 0.311 e. The van der Waals surface area contributed by atoms with E-state index in [0.717, 1.165) is 19.5 Å². The van der Waals surface area contributed by atoms with Crippen LogP contribution in [0, 0.1) is 11.3 Å². The minimum absolute atomic E-state index is 0.00399. The number of carboxylic acid groups (broad SMARTS) is 1. The summed E-state index contributed by atoms with van der Waals surface area (Å²) in [5.41, 5.74) is -0.849. The molecule has 0 spiro atoms. The van der Waals surface area contributed by atoms with Crippen molar-refractivity contribution in [1.82, 2.24) is 10.2 Å². The Bertz CT molecular complexity index is 353. The SMILES string of the molecule is CN1CCC(C(=O)NCC2(C(=O)O)CCOCC2)C1. The highest BCUT2D eigenvalue weighted by molar-refractivity contribution is 5.81. The molecule has 2 aliphatic rings. The first-order valence-corrected chi connectivity index (χ1v) is 6.81. The molecule has 6 nitrogen and oxygen atoms in total. The van der Waals surface area contributed by atoms with Gasteiger partial charge in [-0.2, -0.15) is 0 Å². The topological polar surface area (TPSA) is 78.9 Å². The van der Waals surface area contributed by atoms with Gasteiger partial charge in [0.25, 0.3) is 0 Å². The minimum Gasteiger partial charge on any atom is -0.481 e. The number of aliphatic carboxylic acids is 1. The lowest BCUT2D eigenvalue weighted by Crippen LogP contribution is -2.47. The molecule has 2 fully saturated rings. The van der Waals surface area contributed by atoms with Gasteiger partial charge in [-0.25, -0.2) is 0 Å². The fraction of sp³-hybridized carbons (Fsp3) is 0.846. The third-order valence-corrected chi connectivity index (χ3v) is 4.27. The van der Waals surface area contributed by atoms with E-state index in [2.05, 4.69) is 10.2 Å². The van der Waals surface area contributed by atoms with Crippen molar-refractivity contribution in [2.24, 2.45) is 11.3 Å². The number of hydrogen-bond acceptors (Lipinski definition) is 4. The molecule has 0 aromatic heterocycles. The Morgan fingerprint density at radius 1 is 1.42 bits per heavy atom. The summed E-state index contributed by atoms with van der Waals surface area (Å²) in [5, 5.41) is 12.2. The summed E-state index contributed by atoms with van der Waals surface area (Å²) >= 11 is 0. The molecule has 2 saturated heterocycles. The molecule has 2 N–H and O–H groups in total. The average Bonchev–Trinajstić information content (AvgIpc) is 2.83. The van der Waals surface area contributed by atoms with Crippen molar-refractivity contribution < 1.29 is 19.4 Å². The maximum Gasteiger partial charge on any atom is 0.311 e. The van der Waals surface area contributed by atoms with Crippen molar-refractivity contribution in [3.05, 3.63) is 0 Å². The Morgan fingerprint density at radius 3 is 2.63 bits per heavy atom. The monoisotopic (exact) mass is 270 g/mol. The van der Waals surface area contributed by atoms with Crippen LogP contribution in [0.25, 0.3) is 0 Å². The standard InChI is InChI=1S/C13H22N2O4/c1-15-5-2-10(8-15)11(16)14-9-13(12(17)18)3-6-19-7-4-13/h10H,2-9H2,1H3,(H,14,16)(H,17,18). The summed E-state index contributed by atoms with van der Waals surface area (Å²) in [6.45, 7) is 2.80. The van der Waals surface area contributed by atoms with Crippen LogP contribution in [-0.2, 0) is 14.3 Å². The van der Waals surface area contributed by atoms with Gasteiger partial charge >= 0.3 is 5.97 Å². The molecule has 2 heterocycles. The summed E-state index contributed by atoms with van der Waals surface area (Å²) in [4.78, 5) is 25.6. The summed E-state index contributed by atoms with van der Waals surface area (Å²) in [6.07, 6.45) is 1.78. The fourth-order valence-electron chi connectivity index (χ4n) is 2.78. The first kappa shape index (κ1) is 14.3. The summed E-state index contributed by atoms with van der Waals surface area (Å²) in [6, 6.07) is 0. The van der Waals surface area contributed by atoms with Crippen LogP contribution in [0.2, 0.25) is 0 Å². The lowest BCUT2D eigenvalue weighted by Gasteiger charge is -2.33. The van der Waals surface area contributed by atoms with Gasteiger partial charge in [-0.1, -0.05) is 0 Å². The number of carbonyl (C=O) groups excluding carboxylic acids is 1. The molecule has 6 heteroatoms. The van der Waals surface area contributed by atoms with Gasteiger partial charge in [0.15, 0.2) is 0 Å². The van der Waals surface area contributed by atoms with E-state index in [1.165, 1.54) is 0 Å². The molecule has 108 valence electrons. The van der Waals surface area contributed by atoms with E-state index in [9.17, 15) is 14.7 Å². The summed E-state index contributed by atoms with van der Waals surface area (Å²) in [7, 11) is 1.99. The van der Waals surface area contributed by atoms with Crippen LogP contribution < -0.4 is 5.32 Å². The molecule has 0 radical (unpaired) electrons. The number of amides is 1. The molecule has 0 bridgehead atoms. The average molecular weight is 270 g/mol. The molecule has 0 aliphatic carbocycles. The molecule has 19 heavy (non-hydrogen) atoms. The van der Waals surface area contributed by atoms with E-state index in [-0.39, 0.29) is 18.4 Å². The molecular weight excluding hydrogens is 248 g/mol. The molecule has 1 amide bonds. The zero-order valence-electron chi connectivity index (χ0n) is 11.4. The Balaban J connectivity index is 1.88. The van der Waals surface area contributed by atoms with Crippen molar-refractivity contribution in [2.45, 2.75) is 19.3 Å². The molecule has 2 aliphatic heterocycles. The van der Waals surface area contributed by atoms with E-state index < -0.39 is 11.4 Å². The van der Waals surface area contributed by atoms with Gasteiger partial charge in [0, 0.05) is 26.3 Å². The third kappa shape index (κ3) is 3.25. The summed E-state index contributed by atoms with van der Waals surface area (Å²) < 4.78 is 5.21. The van der Waals surface area contributed by atoms with E-state index in [4.69, 9.17) is 4.74 Å². The zero-order chi connectivity index (χ0) is 13.9. The fourth-order valence-corrected chi connectivity index (χ4v) is 2.78. The minimum atomic E-state index is -0.849. The normalized spacial score (nSPS) is 27.1. The van der Waals surface area contributed by atoms with Crippen LogP contribution in [-0.4, -0.2) is 61.8 Å². The predicted molar refractivity (Wildman–Crippen MR) is 68.7 cm³/mol. The van der Waals surface area contributed by atoms with E-state index in [1.807, 2.05) is 7.05 Å². The highest BCUT2D eigenvalue weighted by atomic mass is 16.5. The van der Waals surface area contributed by atoms with Crippen LogP contribution in [0.4, 0.5) is 0 Å². The first-order valence-electron chi connectivity index (χ1n) is 6.81. The van der Waals surface area contributed by atoms with E-state index in [0.29, 0.717) is 26.1 Å². The maximum atomic E-state index is 12.0.